The Labute approximate surface area is 182 Å². The number of carbonyl (C=O) groups is 1. The average molecular weight is 429 g/mol. The predicted molar refractivity (Wildman–Crippen MR) is 118 cm³/mol. The summed E-state index contributed by atoms with van der Waals surface area (Å²) < 4.78 is 0. The summed E-state index contributed by atoms with van der Waals surface area (Å²) in [7, 11) is 0. The van der Waals surface area contributed by atoms with E-state index in [9.17, 15) is 15.0 Å². The van der Waals surface area contributed by atoms with E-state index in [1.807, 2.05) is 6.07 Å². The maximum atomic E-state index is 12.7. The van der Waals surface area contributed by atoms with Gasteiger partial charge in [0.1, 0.15) is 11.7 Å². The second-order valence-electron chi connectivity index (χ2n) is 8.59. The Kier molecular flexibility index (Phi) is 6.44. The zero-order chi connectivity index (χ0) is 21.1. The fraction of sp³-hybridized carbons (Fsp3) is 0.458. The molecular weight excluding hydrogens is 400 g/mol. The zero-order valence-electron chi connectivity index (χ0n) is 17.1. The molecule has 2 N–H and O–H groups in total. The number of β-amino-alcohol motifs (C(OH)–C–C–N with tert-alkyl or cyclic N) is 2. The molecule has 0 bridgehead atoms. The van der Waals surface area contributed by atoms with Crippen LogP contribution in [0.25, 0.3) is 0 Å². The number of amides is 1. The van der Waals surface area contributed by atoms with Crippen molar-refractivity contribution in [2.75, 3.05) is 32.7 Å². The largest absolute Gasteiger partial charge is 0.388 e. The molecule has 0 spiro atoms. The van der Waals surface area contributed by atoms with E-state index in [0.29, 0.717) is 36.0 Å². The van der Waals surface area contributed by atoms with Crippen LogP contribution in [0.1, 0.15) is 41.1 Å². The maximum Gasteiger partial charge on any atom is 0.253 e. The molecule has 2 fully saturated rings. The minimum atomic E-state index is -1.18. The van der Waals surface area contributed by atoms with E-state index in [4.69, 9.17) is 11.6 Å². The van der Waals surface area contributed by atoms with Gasteiger partial charge in [0.05, 0.1) is 0 Å². The minimum Gasteiger partial charge on any atom is -0.388 e. The van der Waals surface area contributed by atoms with Crippen molar-refractivity contribution in [1.29, 1.82) is 0 Å². The molecule has 2 heterocycles. The summed E-state index contributed by atoms with van der Waals surface area (Å²) in [5, 5.41) is 22.4. The Bertz CT molecular complexity index is 853. The van der Waals surface area contributed by atoms with Gasteiger partial charge in [-0.1, -0.05) is 41.9 Å². The first-order chi connectivity index (χ1) is 14.4. The molecule has 6 heteroatoms. The number of likely N-dealkylation sites (tertiary alicyclic amines) is 2. The van der Waals surface area contributed by atoms with Crippen LogP contribution in [0.3, 0.4) is 0 Å². The summed E-state index contributed by atoms with van der Waals surface area (Å²) in [6.07, 6.45) is 1.51. The third kappa shape index (κ3) is 4.70. The van der Waals surface area contributed by atoms with Crippen LogP contribution in [0, 0.1) is 0 Å². The summed E-state index contributed by atoms with van der Waals surface area (Å²) in [6.45, 7) is 2.82. The lowest BCUT2D eigenvalue weighted by molar-refractivity contribution is -0.127. The second-order valence-corrected chi connectivity index (χ2v) is 9.02. The van der Waals surface area contributed by atoms with Gasteiger partial charge in [-0.3, -0.25) is 4.79 Å². The lowest BCUT2D eigenvalue weighted by Crippen LogP contribution is -2.61. The number of halogens is 1. The average Bonchev–Trinajstić information content (AvgIpc) is 2.77. The fourth-order valence-electron chi connectivity index (χ4n) is 4.65. The first-order valence-corrected chi connectivity index (χ1v) is 11.0. The highest BCUT2D eigenvalue weighted by Gasteiger charge is 2.43. The van der Waals surface area contributed by atoms with E-state index >= 15 is 0 Å². The summed E-state index contributed by atoms with van der Waals surface area (Å²) >= 11 is 5.90. The van der Waals surface area contributed by atoms with Crippen LogP contribution >= 0.6 is 11.6 Å². The highest BCUT2D eigenvalue weighted by molar-refractivity contribution is 6.30. The van der Waals surface area contributed by atoms with Crippen LogP contribution in [-0.2, 0) is 0 Å². The standard InChI is InChI=1S/C24H29ClN2O3/c25-21-8-6-20(7-9-21)23(29)27-15-12-24(30,22(28)16-27)17-26-13-10-19(11-14-26)18-4-2-1-3-5-18/h1-9,19,22,28,30H,10-17H2/t22-,24-/m0/s1. The number of aliphatic hydroxyl groups excluding tert-OH is 1. The van der Waals surface area contributed by atoms with Crippen molar-refractivity contribution < 1.29 is 15.0 Å². The molecule has 2 saturated heterocycles. The third-order valence-electron chi connectivity index (χ3n) is 6.56. The van der Waals surface area contributed by atoms with Gasteiger partial charge in [0.15, 0.2) is 0 Å². The van der Waals surface area contributed by atoms with Crippen LogP contribution in [0.5, 0.6) is 0 Å². The van der Waals surface area contributed by atoms with Gasteiger partial charge in [-0.25, -0.2) is 0 Å². The maximum absolute atomic E-state index is 12.7. The van der Waals surface area contributed by atoms with Crippen LogP contribution in [-0.4, -0.2) is 70.3 Å². The second kappa shape index (κ2) is 9.06. The highest BCUT2D eigenvalue weighted by atomic mass is 35.5. The Morgan fingerprint density at radius 2 is 1.70 bits per heavy atom. The molecular formula is C24H29ClN2O3. The van der Waals surface area contributed by atoms with E-state index in [-0.39, 0.29) is 12.5 Å². The lowest BCUT2D eigenvalue weighted by Gasteiger charge is -2.45. The number of hydrogen-bond donors (Lipinski definition) is 2. The van der Waals surface area contributed by atoms with Crippen LogP contribution < -0.4 is 0 Å². The molecule has 2 aliphatic heterocycles. The van der Waals surface area contributed by atoms with Crippen LogP contribution in [0.2, 0.25) is 5.02 Å². The summed E-state index contributed by atoms with van der Waals surface area (Å²) in [5.74, 6) is 0.414. The normalized spacial score (nSPS) is 26.0. The van der Waals surface area contributed by atoms with Gasteiger partial charge in [0.25, 0.3) is 5.91 Å². The van der Waals surface area contributed by atoms with Crippen molar-refractivity contribution in [2.45, 2.75) is 36.9 Å². The molecule has 1 amide bonds. The number of rotatable bonds is 4. The molecule has 30 heavy (non-hydrogen) atoms. The van der Waals surface area contributed by atoms with Crippen LogP contribution in [0.4, 0.5) is 0 Å². The fourth-order valence-corrected chi connectivity index (χ4v) is 4.77. The van der Waals surface area contributed by atoms with Gasteiger partial charge in [0.2, 0.25) is 0 Å². The number of nitrogens with zero attached hydrogens (tertiary/aromatic N) is 2. The van der Waals surface area contributed by atoms with Gasteiger partial charge in [-0.15, -0.1) is 0 Å². The van der Waals surface area contributed by atoms with Gasteiger partial charge in [-0.05, 0) is 68.1 Å². The molecule has 0 radical (unpaired) electrons. The molecule has 0 aromatic heterocycles. The highest BCUT2D eigenvalue weighted by Crippen LogP contribution is 2.31. The first kappa shape index (κ1) is 21.3. The Morgan fingerprint density at radius 1 is 1.03 bits per heavy atom. The van der Waals surface area contributed by atoms with Gasteiger partial charge in [0, 0.05) is 30.2 Å². The lowest BCUT2D eigenvalue weighted by atomic mass is 9.85. The van der Waals surface area contributed by atoms with Gasteiger partial charge in [-0.2, -0.15) is 0 Å². The molecule has 2 aromatic rings. The van der Waals surface area contributed by atoms with E-state index in [1.165, 1.54) is 5.56 Å². The zero-order valence-corrected chi connectivity index (χ0v) is 17.8. The third-order valence-corrected chi connectivity index (χ3v) is 6.81. The number of benzene rings is 2. The van der Waals surface area contributed by atoms with E-state index in [2.05, 4.69) is 29.2 Å². The van der Waals surface area contributed by atoms with Crippen molar-refractivity contribution in [3.8, 4) is 0 Å². The minimum absolute atomic E-state index is 0.137. The van der Waals surface area contributed by atoms with Gasteiger partial charge < -0.3 is 20.0 Å². The van der Waals surface area contributed by atoms with Crippen molar-refractivity contribution in [3.05, 3.63) is 70.7 Å². The molecule has 5 nitrogen and oxygen atoms in total. The molecule has 4 rings (SSSR count). The van der Waals surface area contributed by atoms with Crippen LogP contribution in [0.15, 0.2) is 54.6 Å². The first-order valence-electron chi connectivity index (χ1n) is 10.7. The monoisotopic (exact) mass is 428 g/mol. The summed E-state index contributed by atoms with van der Waals surface area (Å²) in [4.78, 5) is 16.6. The summed E-state index contributed by atoms with van der Waals surface area (Å²) in [6, 6.07) is 17.3. The number of hydrogen-bond acceptors (Lipinski definition) is 4. The molecule has 2 aromatic carbocycles. The predicted octanol–water partition coefficient (Wildman–Crippen LogP) is 3.16. The molecule has 0 saturated carbocycles. The molecule has 2 aliphatic rings. The Morgan fingerprint density at radius 3 is 2.33 bits per heavy atom. The molecule has 0 aliphatic carbocycles. The number of carbonyl (C=O) groups excluding carboxylic acids is 1. The quantitative estimate of drug-likeness (QED) is 0.785. The van der Waals surface area contributed by atoms with Gasteiger partial charge >= 0.3 is 0 Å². The molecule has 0 unspecified atom stereocenters. The van der Waals surface area contributed by atoms with E-state index < -0.39 is 11.7 Å². The molecule has 2 atom stereocenters. The number of piperidine rings is 2. The Balaban J connectivity index is 1.31. The smallest absolute Gasteiger partial charge is 0.253 e. The van der Waals surface area contributed by atoms with E-state index in [1.54, 1.807) is 29.2 Å². The number of aliphatic hydroxyl groups is 2. The van der Waals surface area contributed by atoms with Crippen molar-refractivity contribution >= 4 is 17.5 Å². The Hall–Kier alpha value is -1.92. The van der Waals surface area contributed by atoms with Crippen molar-refractivity contribution in [3.63, 3.8) is 0 Å². The van der Waals surface area contributed by atoms with Crippen molar-refractivity contribution in [1.82, 2.24) is 9.80 Å². The SMILES string of the molecule is O=C(c1ccc(Cl)cc1)N1CC[C@](O)(CN2CCC(c3ccccc3)CC2)[C@@H](O)C1. The topological polar surface area (TPSA) is 64.0 Å². The summed E-state index contributed by atoms with van der Waals surface area (Å²) in [5.41, 5.74) is 0.737. The van der Waals surface area contributed by atoms with Crippen molar-refractivity contribution in [2.24, 2.45) is 0 Å². The molecule has 160 valence electrons. The van der Waals surface area contributed by atoms with E-state index in [0.717, 1.165) is 25.9 Å².